The summed E-state index contributed by atoms with van der Waals surface area (Å²) >= 11 is 0. The highest BCUT2D eigenvalue weighted by Crippen LogP contribution is 1.80. The Morgan fingerprint density at radius 1 is 1.67 bits per heavy atom. The van der Waals surface area contributed by atoms with Crippen LogP contribution in [0.5, 0.6) is 0 Å². The molecule has 0 heterocycles. The fourth-order valence-corrected chi connectivity index (χ4v) is 0.482. The molecule has 12 heavy (non-hydrogen) atoms. The van der Waals surface area contributed by atoms with Gasteiger partial charge in [0, 0.05) is 13.0 Å². The highest BCUT2D eigenvalue weighted by atomic mass is 19.1. The lowest BCUT2D eigenvalue weighted by Crippen LogP contribution is -2.28. The van der Waals surface area contributed by atoms with E-state index in [1.165, 1.54) is 0 Å². The largest absolute Gasteiger partial charge is 0.447 e. The monoisotopic (exact) mass is 177 g/mol. The average Bonchev–Trinajstić information content (AvgIpc) is 2.00. The lowest BCUT2D eigenvalue weighted by Gasteiger charge is -2.03. The molecule has 0 aromatic heterocycles. The van der Waals surface area contributed by atoms with E-state index in [0.29, 0.717) is 0 Å². The third-order valence-corrected chi connectivity index (χ3v) is 0.974. The summed E-state index contributed by atoms with van der Waals surface area (Å²) in [5.74, 6) is -0.0132. The molecule has 5 nitrogen and oxygen atoms in total. The van der Waals surface area contributed by atoms with Crippen molar-refractivity contribution in [1.29, 1.82) is 5.41 Å². The van der Waals surface area contributed by atoms with Gasteiger partial charge in [0.25, 0.3) is 0 Å². The van der Waals surface area contributed by atoms with Crippen molar-refractivity contribution in [1.82, 2.24) is 5.32 Å². The molecule has 0 radical (unpaired) electrons. The number of carbonyl (C=O) groups excluding carboxylic acids is 1. The first-order valence-electron chi connectivity index (χ1n) is 3.46. The Balaban J connectivity index is 3.25. The van der Waals surface area contributed by atoms with E-state index in [2.05, 4.69) is 10.1 Å². The minimum Gasteiger partial charge on any atom is -0.447 e. The number of ether oxygens (including phenoxy) is 1. The number of hydrogen-bond donors (Lipinski definition) is 3. The molecule has 0 bridgehead atoms. The Morgan fingerprint density at radius 2 is 2.33 bits per heavy atom. The van der Waals surface area contributed by atoms with Crippen molar-refractivity contribution in [3.8, 4) is 0 Å². The van der Waals surface area contributed by atoms with Crippen LogP contribution < -0.4 is 11.1 Å². The third kappa shape index (κ3) is 6.79. The zero-order valence-electron chi connectivity index (χ0n) is 6.60. The van der Waals surface area contributed by atoms with Crippen molar-refractivity contribution in [2.75, 3.05) is 19.8 Å². The van der Waals surface area contributed by atoms with Gasteiger partial charge in [0.2, 0.25) is 0 Å². The zero-order chi connectivity index (χ0) is 9.40. The summed E-state index contributed by atoms with van der Waals surface area (Å²) in [6, 6.07) is 0. The van der Waals surface area contributed by atoms with Crippen molar-refractivity contribution in [2.24, 2.45) is 5.73 Å². The van der Waals surface area contributed by atoms with Gasteiger partial charge in [-0.05, 0) is 0 Å². The van der Waals surface area contributed by atoms with Gasteiger partial charge < -0.3 is 15.8 Å². The Hall–Kier alpha value is -1.33. The lowest BCUT2D eigenvalue weighted by molar-refractivity contribution is 0.138. The van der Waals surface area contributed by atoms with Gasteiger partial charge in [0.15, 0.2) is 0 Å². The van der Waals surface area contributed by atoms with E-state index in [9.17, 15) is 9.18 Å². The standard InChI is InChI=1S/C6H12FN3O2/c7-2-4-12-6(11)10-3-1-5(8)9/h1-4H2,(H3,8,9)(H,10,11). The van der Waals surface area contributed by atoms with Gasteiger partial charge in [-0.3, -0.25) is 5.41 Å². The van der Waals surface area contributed by atoms with Crippen LogP contribution in [0.25, 0.3) is 0 Å². The molecule has 0 fully saturated rings. The minimum atomic E-state index is -0.694. The molecule has 0 aromatic carbocycles. The zero-order valence-corrected chi connectivity index (χ0v) is 6.60. The Kier molecular flexibility index (Phi) is 5.68. The molecule has 6 heteroatoms. The Morgan fingerprint density at radius 3 is 2.83 bits per heavy atom. The number of nitrogens with two attached hydrogens (primary N) is 1. The quantitative estimate of drug-likeness (QED) is 0.408. The molecular formula is C6H12FN3O2. The van der Waals surface area contributed by atoms with E-state index >= 15 is 0 Å². The molecule has 0 aromatic rings. The van der Waals surface area contributed by atoms with Crippen LogP contribution in [0.3, 0.4) is 0 Å². The second-order valence-corrected chi connectivity index (χ2v) is 2.03. The van der Waals surface area contributed by atoms with Crippen LogP contribution in [-0.4, -0.2) is 31.8 Å². The number of nitrogens with one attached hydrogen (secondary N) is 2. The van der Waals surface area contributed by atoms with Crippen LogP contribution in [-0.2, 0) is 4.74 Å². The van der Waals surface area contributed by atoms with Gasteiger partial charge in [-0.25, -0.2) is 9.18 Å². The van der Waals surface area contributed by atoms with Gasteiger partial charge in [0.05, 0.1) is 5.84 Å². The van der Waals surface area contributed by atoms with E-state index in [0.717, 1.165) is 0 Å². The van der Waals surface area contributed by atoms with E-state index in [-0.39, 0.29) is 25.4 Å². The summed E-state index contributed by atoms with van der Waals surface area (Å²) in [6.07, 6.45) is -0.418. The minimum absolute atomic E-state index is 0.0132. The number of amides is 1. The molecule has 0 saturated carbocycles. The molecule has 0 unspecified atom stereocenters. The average molecular weight is 177 g/mol. The molecule has 0 saturated heterocycles. The van der Waals surface area contributed by atoms with Gasteiger partial charge >= 0.3 is 6.09 Å². The van der Waals surface area contributed by atoms with Crippen LogP contribution in [0.4, 0.5) is 9.18 Å². The van der Waals surface area contributed by atoms with Crippen LogP contribution in [0.2, 0.25) is 0 Å². The van der Waals surface area contributed by atoms with Gasteiger partial charge in [0.1, 0.15) is 13.3 Å². The van der Waals surface area contributed by atoms with Crippen molar-refractivity contribution < 1.29 is 13.9 Å². The number of alkyl carbamates (subject to hydrolysis) is 1. The summed E-state index contributed by atoms with van der Waals surface area (Å²) in [6.45, 7) is -0.702. The van der Waals surface area contributed by atoms with Crippen LogP contribution >= 0.6 is 0 Å². The molecule has 0 aliphatic heterocycles. The molecule has 0 atom stereocenters. The fourth-order valence-electron chi connectivity index (χ4n) is 0.482. The predicted octanol–water partition coefficient (Wildman–Crippen LogP) is 0.00817. The molecule has 70 valence electrons. The second kappa shape index (κ2) is 6.38. The molecular weight excluding hydrogens is 165 g/mol. The predicted molar refractivity (Wildman–Crippen MR) is 41.9 cm³/mol. The van der Waals surface area contributed by atoms with E-state index in [1.54, 1.807) is 0 Å². The molecule has 1 amide bonds. The summed E-state index contributed by atoms with van der Waals surface area (Å²) in [4.78, 5) is 10.6. The first-order valence-corrected chi connectivity index (χ1v) is 3.46. The molecule has 4 N–H and O–H groups in total. The summed E-state index contributed by atoms with van der Waals surface area (Å²) in [7, 11) is 0. The lowest BCUT2D eigenvalue weighted by atomic mass is 10.4. The first-order chi connectivity index (χ1) is 5.66. The topological polar surface area (TPSA) is 88.2 Å². The molecule has 0 aliphatic rings. The molecule has 0 spiro atoms. The van der Waals surface area contributed by atoms with Crippen molar-refractivity contribution in [2.45, 2.75) is 6.42 Å². The fraction of sp³-hybridized carbons (Fsp3) is 0.667. The Labute approximate surface area is 69.6 Å². The van der Waals surface area contributed by atoms with Gasteiger partial charge in [-0.15, -0.1) is 0 Å². The number of alkyl halides is 1. The number of rotatable bonds is 5. The number of halogens is 1. The summed E-state index contributed by atoms with van der Waals surface area (Å²) in [5.41, 5.74) is 5.01. The normalized spacial score (nSPS) is 9.08. The maximum absolute atomic E-state index is 11.4. The highest BCUT2D eigenvalue weighted by molar-refractivity contribution is 5.77. The Bertz CT molecular complexity index is 163. The van der Waals surface area contributed by atoms with Crippen molar-refractivity contribution in [3.05, 3.63) is 0 Å². The SMILES string of the molecule is N=C(N)CCNC(=O)OCCF. The number of hydrogen-bond acceptors (Lipinski definition) is 3. The summed E-state index contributed by atoms with van der Waals surface area (Å²) in [5, 5.41) is 9.10. The van der Waals surface area contributed by atoms with Crippen LogP contribution in [0.15, 0.2) is 0 Å². The summed E-state index contributed by atoms with van der Waals surface area (Å²) < 4.78 is 15.8. The van der Waals surface area contributed by atoms with Gasteiger partial charge in [-0.1, -0.05) is 0 Å². The molecule has 0 rings (SSSR count). The number of carbonyl (C=O) groups is 1. The van der Waals surface area contributed by atoms with Crippen LogP contribution in [0, 0.1) is 5.41 Å². The maximum atomic E-state index is 11.4. The third-order valence-electron chi connectivity index (χ3n) is 0.974. The van der Waals surface area contributed by atoms with Crippen molar-refractivity contribution in [3.63, 3.8) is 0 Å². The second-order valence-electron chi connectivity index (χ2n) is 2.03. The smallest absolute Gasteiger partial charge is 0.407 e. The van der Waals surface area contributed by atoms with Crippen molar-refractivity contribution >= 4 is 11.9 Å². The maximum Gasteiger partial charge on any atom is 0.407 e. The van der Waals surface area contributed by atoms with E-state index in [4.69, 9.17) is 11.1 Å². The highest BCUT2D eigenvalue weighted by Gasteiger charge is 1.99. The van der Waals surface area contributed by atoms with E-state index in [1.807, 2.05) is 0 Å². The molecule has 0 aliphatic carbocycles. The van der Waals surface area contributed by atoms with Crippen LogP contribution in [0.1, 0.15) is 6.42 Å². The number of amidine groups is 1. The first kappa shape index (κ1) is 10.7. The van der Waals surface area contributed by atoms with E-state index < -0.39 is 12.8 Å². The van der Waals surface area contributed by atoms with Gasteiger partial charge in [-0.2, -0.15) is 0 Å².